The third-order valence-electron chi connectivity index (χ3n) is 1.33. The predicted molar refractivity (Wildman–Crippen MR) is 45.8 cm³/mol. The predicted octanol–water partition coefficient (Wildman–Crippen LogP) is 2.02. The van der Waals surface area contributed by atoms with Crippen molar-refractivity contribution in [1.82, 2.24) is 0 Å². The van der Waals surface area contributed by atoms with Crippen molar-refractivity contribution in [3.05, 3.63) is 39.9 Å². The lowest BCUT2D eigenvalue weighted by atomic mass is 10.2. The van der Waals surface area contributed by atoms with Crippen molar-refractivity contribution in [3.8, 4) is 0 Å². The van der Waals surface area contributed by atoms with Gasteiger partial charge in [0.2, 0.25) is 0 Å². The molecule has 1 aromatic carbocycles. The molecule has 0 radical (unpaired) electrons. The summed E-state index contributed by atoms with van der Waals surface area (Å²) in [6, 6.07) is 6.35. The van der Waals surface area contributed by atoms with E-state index in [2.05, 4.69) is 12.6 Å². The molecule has 0 aromatic heterocycles. The third kappa shape index (κ3) is 1.94. The number of benzene rings is 1. The van der Waals surface area contributed by atoms with Gasteiger partial charge in [0.15, 0.2) is 0 Å². The Labute approximate surface area is 69.6 Å². The van der Waals surface area contributed by atoms with Crippen LogP contribution < -0.4 is 0 Å². The van der Waals surface area contributed by atoms with Crippen LogP contribution in [0.2, 0.25) is 0 Å². The molecule has 0 unspecified atom stereocenters. The van der Waals surface area contributed by atoms with E-state index >= 15 is 0 Å². The number of hydrogen-bond donors (Lipinski definition) is 1. The highest BCUT2D eigenvalue weighted by Crippen LogP contribution is 2.12. The summed E-state index contributed by atoms with van der Waals surface area (Å²) in [5, 5.41) is 10.2. The van der Waals surface area contributed by atoms with Gasteiger partial charge in [0.05, 0.1) is 4.92 Å². The van der Waals surface area contributed by atoms with Crippen LogP contribution in [0.25, 0.3) is 0 Å². The molecule has 0 heterocycles. The fourth-order valence-corrected chi connectivity index (χ4v) is 0.934. The summed E-state index contributed by atoms with van der Waals surface area (Å²) in [6.45, 7) is 0. The second kappa shape index (κ2) is 3.39. The molecule has 58 valence electrons. The molecule has 0 bridgehead atoms. The molecule has 0 aliphatic rings. The summed E-state index contributed by atoms with van der Waals surface area (Å²) in [6.07, 6.45) is 0. The van der Waals surface area contributed by atoms with Gasteiger partial charge in [0.1, 0.15) is 0 Å². The Kier molecular flexibility index (Phi) is 2.48. The summed E-state index contributed by atoms with van der Waals surface area (Å²) >= 11 is 4.03. The van der Waals surface area contributed by atoms with Gasteiger partial charge in [-0.2, -0.15) is 12.6 Å². The van der Waals surface area contributed by atoms with E-state index in [0.29, 0.717) is 5.75 Å². The first-order chi connectivity index (χ1) is 5.24. The topological polar surface area (TPSA) is 43.1 Å². The molecule has 0 fully saturated rings. The fourth-order valence-electron chi connectivity index (χ4n) is 0.723. The maximum Gasteiger partial charge on any atom is 0.269 e. The molecule has 11 heavy (non-hydrogen) atoms. The van der Waals surface area contributed by atoms with Crippen molar-refractivity contribution in [2.75, 3.05) is 0 Å². The van der Waals surface area contributed by atoms with Crippen LogP contribution in [0.4, 0.5) is 5.69 Å². The molecule has 4 heteroatoms. The van der Waals surface area contributed by atoms with Crippen LogP contribution in [0.3, 0.4) is 0 Å². The summed E-state index contributed by atoms with van der Waals surface area (Å²) in [5.74, 6) is 0.609. The van der Waals surface area contributed by atoms with Gasteiger partial charge in [-0.3, -0.25) is 10.1 Å². The van der Waals surface area contributed by atoms with Gasteiger partial charge >= 0.3 is 0 Å². The molecule has 0 aliphatic carbocycles. The van der Waals surface area contributed by atoms with Gasteiger partial charge in [0, 0.05) is 17.9 Å². The van der Waals surface area contributed by atoms with Crippen LogP contribution in [0.5, 0.6) is 0 Å². The maximum absolute atomic E-state index is 10.2. The van der Waals surface area contributed by atoms with E-state index in [1.165, 1.54) is 12.1 Å². The Hall–Kier alpha value is -1.03. The summed E-state index contributed by atoms with van der Waals surface area (Å²) in [4.78, 5) is 9.77. The highest BCUT2D eigenvalue weighted by molar-refractivity contribution is 7.79. The Morgan fingerprint density at radius 1 is 1.36 bits per heavy atom. The van der Waals surface area contributed by atoms with E-state index in [1.54, 1.807) is 12.1 Å². The number of nitro benzene ring substituents is 1. The van der Waals surface area contributed by atoms with E-state index in [4.69, 9.17) is 0 Å². The summed E-state index contributed by atoms with van der Waals surface area (Å²) in [7, 11) is 0. The van der Waals surface area contributed by atoms with Crippen molar-refractivity contribution in [3.63, 3.8) is 0 Å². The number of nitro groups is 1. The maximum atomic E-state index is 10.2. The molecule has 1 rings (SSSR count). The number of thiol groups is 1. The zero-order valence-corrected chi connectivity index (χ0v) is 6.62. The van der Waals surface area contributed by atoms with E-state index in [-0.39, 0.29) is 5.69 Å². The first-order valence-corrected chi connectivity index (χ1v) is 3.71. The Morgan fingerprint density at radius 2 is 1.91 bits per heavy atom. The molecule has 0 spiro atoms. The lowest BCUT2D eigenvalue weighted by Crippen LogP contribution is -1.87. The molecule has 0 N–H and O–H groups in total. The molecular weight excluding hydrogens is 162 g/mol. The van der Waals surface area contributed by atoms with Crippen LogP contribution in [-0.2, 0) is 5.75 Å². The van der Waals surface area contributed by atoms with Crippen LogP contribution in [0.15, 0.2) is 24.3 Å². The molecule has 0 saturated heterocycles. The Bertz CT molecular complexity index is 258. The quantitative estimate of drug-likeness (QED) is 0.418. The van der Waals surface area contributed by atoms with E-state index < -0.39 is 4.92 Å². The minimum absolute atomic E-state index is 0.121. The second-order valence-corrected chi connectivity index (χ2v) is 2.40. The first-order valence-electron chi connectivity index (χ1n) is 3.08. The highest BCUT2D eigenvalue weighted by atomic mass is 32.1. The minimum Gasteiger partial charge on any atom is -0.258 e. The molecule has 0 amide bonds. The smallest absolute Gasteiger partial charge is 0.258 e. The van der Waals surface area contributed by atoms with Crippen molar-refractivity contribution in [2.24, 2.45) is 0 Å². The van der Waals surface area contributed by atoms with E-state index in [1.807, 2.05) is 0 Å². The van der Waals surface area contributed by atoms with Crippen molar-refractivity contribution < 1.29 is 4.92 Å². The lowest BCUT2D eigenvalue weighted by Gasteiger charge is -1.93. The molecule has 3 nitrogen and oxygen atoms in total. The number of rotatable bonds is 2. The summed E-state index contributed by atoms with van der Waals surface area (Å²) < 4.78 is 0. The van der Waals surface area contributed by atoms with Crippen LogP contribution in [-0.4, -0.2) is 4.92 Å². The highest BCUT2D eigenvalue weighted by Gasteiger charge is 2.01. The first kappa shape index (κ1) is 8.07. The van der Waals surface area contributed by atoms with E-state index in [0.717, 1.165) is 5.56 Å². The minimum atomic E-state index is -0.414. The number of non-ortho nitro benzene ring substituents is 1. The van der Waals surface area contributed by atoms with Gasteiger partial charge in [-0.05, 0) is 5.56 Å². The van der Waals surface area contributed by atoms with Gasteiger partial charge in [-0.1, -0.05) is 12.1 Å². The largest absolute Gasteiger partial charge is 0.269 e. The van der Waals surface area contributed by atoms with Crippen LogP contribution in [0.1, 0.15) is 5.56 Å². The zero-order valence-electron chi connectivity index (χ0n) is 5.73. The normalized spacial score (nSPS) is 9.55. The number of hydrogen-bond acceptors (Lipinski definition) is 3. The molecule has 0 aliphatic heterocycles. The second-order valence-electron chi connectivity index (χ2n) is 2.08. The zero-order chi connectivity index (χ0) is 8.27. The third-order valence-corrected chi connectivity index (χ3v) is 1.69. The monoisotopic (exact) mass is 169 g/mol. The van der Waals surface area contributed by atoms with Gasteiger partial charge in [-0.25, -0.2) is 0 Å². The van der Waals surface area contributed by atoms with Gasteiger partial charge < -0.3 is 0 Å². The van der Waals surface area contributed by atoms with Crippen LogP contribution in [0, 0.1) is 10.1 Å². The molecule has 0 atom stereocenters. The lowest BCUT2D eigenvalue weighted by molar-refractivity contribution is -0.384. The average Bonchev–Trinajstić information content (AvgIpc) is 2.05. The van der Waals surface area contributed by atoms with Crippen molar-refractivity contribution in [1.29, 1.82) is 0 Å². The average molecular weight is 169 g/mol. The van der Waals surface area contributed by atoms with Crippen LogP contribution >= 0.6 is 12.6 Å². The van der Waals surface area contributed by atoms with Crippen molar-refractivity contribution >= 4 is 18.3 Å². The number of nitrogens with zero attached hydrogens (tertiary/aromatic N) is 1. The molecular formula is C7H7NO2S. The SMILES string of the molecule is O=[N+]([O-])c1ccc(CS)cc1. The van der Waals surface area contributed by atoms with Gasteiger partial charge in [0.25, 0.3) is 5.69 Å². The summed E-state index contributed by atoms with van der Waals surface area (Å²) in [5.41, 5.74) is 1.11. The van der Waals surface area contributed by atoms with Crippen molar-refractivity contribution in [2.45, 2.75) is 5.75 Å². The molecule has 1 aromatic rings. The Balaban J connectivity index is 2.91. The fraction of sp³-hybridized carbons (Fsp3) is 0.143. The van der Waals surface area contributed by atoms with E-state index in [9.17, 15) is 10.1 Å². The standard InChI is InChI=1S/C7H7NO2S/c9-8(10)7-3-1-6(5-11)2-4-7/h1-4,11H,5H2. The Morgan fingerprint density at radius 3 is 2.27 bits per heavy atom. The van der Waals surface area contributed by atoms with Gasteiger partial charge in [-0.15, -0.1) is 0 Å². The molecule has 0 saturated carbocycles.